The van der Waals surface area contributed by atoms with Gasteiger partial charge < -0.3 is 5.32 Å². The summed E-state index contributed by atoms with van der Waals surface area (Å²) < 4.78 is 13.5. The summed E-state index contributed by atoms with van der Waals surface area (Å²) in [5, 5.41) is 3.08. The van der Waals surface area contributed by atoms with Gasteiger partial charge in [-0.2, -0.15) is 0 Å². The van der Waals surface area contributed by atoms with Crippen LogP contribution < -0.4 is 5.32 Å². The molecule has 0 aromatic heterocycles. The molecule has 0 saturated heterocycles. The van der Waals surface area contributed by atoms with Gasteiger partial charge in [0.15, 0.2) is 0 Å². The van der Waals surface area contributed by atoms with Gasteiger partial charge in [-0.3, -0.25) is 9.59 Å². The Bertz CT molecular complexity index is 474. The molecule has 1 aromatic carbocycles. The van der Waals surface area contributed by atoms with E-state index >= 15 is 0 Å². The minimum absolute atomic E-state index is 0.00995. The molecule has 1 aromatic rings. The molecule has 0 unspecified atom stereocenters. The summed E-state index contributed by atoms with van der Waals surface area (Å²) in [6.07, 6.45) is 2.26. The maximum atomic E-state index is 13.5. The standard InChI is InChI=1S/C14H15ClFNO2/c15-12-2-1-3-13(16)11(12)8-14(19)17-9-4-6-10(18)7-5-9/h1-3,9H,4-8H2,(H,17,19). The van der Waals surface area contributed by atoms with Crippen molar-refractivity contribution in [3.8, 4) is 0 Å². The van der Waals surface area contributed by atoms with Crippen LogP contribution in [0.5, 0.6) is 0 Å². The summed E-state index contributed by atoms with van der Waals surface area (Å²) in [7, 11) is 0. The summed E-state index contributed by atoms with van der Waals surface area (Å²) in [4.78, 5) is 22.9. The van der Waals surface area contributed by atoms with Crippen molar-refractivity contribution in [1.29, 1.82) is 0 Å². The molecule has 0 heterocycles. The monoisotopic (exact) mass is 283 g/mol. The van der Waals surface area contributed by atoms with Gasteiger partial charge in [0, 0.05) is 29.5 Å². The number of amides is 1. The first-order valence-electron chi connectivity index (χ1n) is 6.30. The predicted octanol–water partition coefficient (Wildman–Crippen LogP) is 2.65. The Morgan fingerprint density at radius 1 is 1.37 bits per heavy atom. The van der Waals surface area contributed by atoms with E-state index in [1.165, 1.54) is 12.1 Å². The molecule has 3 nitrogen and oxygen atoms in total. The van der Waals surface area contributed by atoms with Gasteiger partial charge in [-0.1, -0.05) is 17.7 Å². The number of hydrogen-bond acceptors (Lipinski definition) is 2. The minimum Gasteiger partial charge on any atom is -0.353 e. The maximum absolute atomic E-state index is 13.5. The van der Waals surface area contributed by atoms with Crippen LogP contribution in [0, 0.1) is 5.82 Å². The third-order valence-corrected chi connectivity index (χ3v) is 3.66. The van der Waals surface area contributed by atoms with Crippen LogP contribution in [0.3, 0.4) is 0 Å². The van der Waals surface area contributed by atoms with Crippen molar-refractivity contribution in [1.82, 2.24) is 5.32 Å². The minimum atomic E-state index is -0.471. The summed E-state index contributed by atoms with van der Waals surface area (Å²) >= 11 is 5.87. The SMILES string of the molecule is O=C1CCC(NC(=O)Cc2c(F)cccc2Cl)CC1. The summed E-state index contributed by atoms with van der Waals surface area (Å²) in [6.45, 7) is 0. The fourth-order valence-corrected chi connectivity index (χ4v) is 2.45. The van der Waals surface area contributed by atoms with E-state index in [9.17, 15) is 14.0 Å². The molecule has 1 N–H and O–H groups in total. The molecule has 0 spiro atoms. The van der Waals surface area contributed by atoms with Crippen molar-refractivity contribution >= 4 is 23.3 Å². The Kier molecular flexibility index (Phi) is 4.53. The van der Waals surface area contributed by atoms with E-state index in [1.54, 1.807) is 6.07 Å². The molecule has 2 rings (SSSR count). The number of benzene rings is 1. The van der Waals surface area contributed by atoms with Crippen LogP contribution in [0.4, 0.5) is 4.39 Å². The van der Waals surface area contributed by atoms with Crippen molar-refractivity contribution in [2.75, 3.05) is 0 Å². The normalized spacial score (nSPS) is 16.4. The molecule has 0 aliphatic heterocycles. The third kappa shape index (κ3) is 3.77. The lowest BCUT2D eigenvalue weighted by Crippen LogP contribution is -2.38. The summed E-state index contributed by atoms with van der Waals surface area (Å²) in [5.74, 6) is -0.490. The Morgan fingerprint density at radius 3 is 2.68 bits per heavy atom. The van der Waals surface area contributed by atoms with E-state index in [2.05, 4.69) is 5.32 Å². The molecule has 0 radical (unpaired) electrons. The lowest BCUT2D eigenvalue weighted by Gasteiger charge is -2.22. The number of rotatable bonds is 3. The second kappa shape index (κ2) is 6.15. The van der Waals surface area contributed by atoms with Crippen LogP contribution in [0.2, 0.25) is 5.02 Å². The van der Waals surface area contributed by atoms with E-state index in [4.69, 9.17) is 11.6 Å². The second-order valence-electron chi connectivity index (χ2n) is 4.76. The highest BCUT2D eigenvalue weighted by Crippen LogP contribution is 2.20. The second-order valence-corrected chi connectivity index (χ2v) is 5.16. The Hall–Kier alpha value is -1.42. The van der Waals surface area contributed by atoms with E-state index in [-0.39, 0.29) is 34.7 Å². The molecule has 1 aliphatic carbocycles. The van der Waals surface area contributed by atoms with E-state index in [0.29, 0.717) is 25.7 Å². The van der Waals surface area contributed by atoms with Gasteiger partial charge in [-0.15, -0.1) is 0 Å². The van der Waals surface area contributed by atoms with Crippen molar-refractivity contribution in [2.24, 2.45) is 0 Å². The zero-order valence-electron chi connectivity index (χ0n) is 10.4. The fourth-order valence-electron chi connectivity index (χ4n) is 2.22. The molecule has 19 heavy (non-hydrogen) atoms. The van der Waals surface area contributed by atoms with Gasteiger partial charge in [-0.05, 0) is 25.0 Å². The molecule has 5 heteroatoms. The molecule has 1 amide bonds. The van der Waals surface area contributed by atoms with Gasteiger partial charge in [0.1, 0.15) is 11.6 Å². The van der Waals surface area contributed by atoms with Gasteiger partial charge in [-0.25, -0.2) is 4.39 Å². The first kappa shape index (κ1) is 14.0. The lowest BCUT2D eigenvalue weighted by molar-refractivity contribution is -0.124. The van der Waals surface area contributed by atoms with Crippen LogP contribution in [0.1, 0.15) is 31.2 Å². The molecule has 1 saturated carbocycles. The molecule has 1 fully saturated rings. The number of hydrogen-bond donors (Lipinski definition) is 1. The van der Waals surface area contributed by atoms with Crippen molar-refractivity contribution in [2.45, 2.75) is 38.1 Å². The smallest absolute Gasteiger partial charge is 0.224 e. The highest BCUT2D eigenvalue weighted by Gasteiger charge is 2.21. The topological polar surface area (TPSA) is 46.2 Å². The largest absolute Gasteiger partial charge is 0.353 e. The predicted molar refractivity (Wildman–Crippen MR) is 70.5 cm³/mol. The number of carbonyl (C=O) groups excluding carboxylic acids is 2. The van der Waals surface area contributed by atoms with Crippen LogP contribution in [0.25, 0.3) is 0 Å². The van der Waals surface area contributed by atoms with Crippen LogP contribution >= 0.6 is 11.6 Å². The van der Waals surface area contributed by atoms with Crippen molar-refractivity contribution in [3.63, 3.8) is 0 Å². The van der Waals surface area contributed by atoms with Gasteiger partial charge in [0.2, 0.25) is 5.91 Å². The molecule has 1 aliphatic rings. The zero-order chi connectivity index (χ0) is 13.8. The van der Waals surface area contributed by atoms with Crippen LogP contribution in [0.15, 0.2) is 18.2 Å². The third-order valence-electron chi connectivity index (χ3n) is 3.31. The van der Waals surface area contributed by atoms with Crippen molar-refractivity contribution < 1.29 is 14.0 Å². The number of halogens is 2. The van der Waals surface area contributed by atoms with Gasteiger partial charge in [0.05, 0.1) is 6.42 Å². The zero-order valence-corrected chi connectivity index (χ0v) is 11.2. The van der Waals surface area contributed by atoms with E-state index in [1.807, 2.05) is 0 Å². The van der Waals surface area contributed by atoms with E-state index in [0.717, 1.165) is 0 Å². The molecular formula is C14H15ClFNO2. The van der Waals surface area contributed by atoms with Crippen LogP contribution in [-0.2, 0) is 16.0 Å². The Balaban J connectivity index is 1.92. The molecule has 0 atom stereocenters. The molecular weight excluding hydrogens is 269 g/mol. The highest BCUT2D eigenvalue weighted by molar-refractivity contribution is 6.31. The van der Waals surface area contributed by atoms with E-state index < -0.39 is 5.82 Å². The number of carbonyl (C=O) groups is 2. The Labute approximate surface area is 116 Å². The summed E-state index contributed by atoms with van der Waals surface area (Å²) in [5.41, 5.74) is 0.216. The maximum Gasteiger partial charge on any atom is 0.224 e. The van der Waals surface area contributed by atoms with Gasteiger partial charge in [0.25, 0.3) is 0 Å². The number of ketones is 1. The van der Waals surface area contributed by atoms with Crippen molar-refractivity contribution in [3.05, 3.63) is 34.6 Å². The average molecular weight is 284 g/mol. The lowest BCUT2D eigenvalue weighted by atomic mass is 9.94. The fraction of sp³-hybridized carbons (Fsp3) is 0.429. The van der Waals surface area contributed by atoms with Crippen LogP contribution in [-0.4, -0.2) is 17.7 Å². The Morgan fingerprint density at radius 2 is 2.05 bits per heavy atom. The van der Waals surface area contributed by atoms with Gasteiger partial charge >= 0.3 is 0 Å². The first-order valence-corrected chi connectivity index (χ1v) is 6.68. The molecule has 0 bridgehead atoms. The number of Topliss-reactive ketones (excluding diaryl/α,β-unsaturated/α-hetero) is 1. The molecule has 102 valence electrons. The summed E-state index contributed by atoms with van der Waals surface area (Å²) in [6, 6.07) is 4.36. The average Bonchev–Trinajstić information content (AvgIpc) is 2.37. The quantitative estimate of drug-likeness (QED) is 0.927. The first-order chi connectivity index (χ1) is 9.06. The highest BCUT2D eigenvalue weighted by atomic mass is 35.5. The number of nitrogens with one attached hydrogen (secondary N) is 1.